The van der Waals surface area contributed by atoms with E-state index in [4.69, 9.17) is 0 Å². The Morgan fingerprint density at radius 1 is 1.33 bits per heavy atom. The van der Waals surface area contributed by atoms with Crippen molar-refractivity contribution in [2.45, 2.75) is 32.1 Å². The van der Waals surface area contributed by atoms with E-state index >= 15 is 0 Å². The maximum atomic E-state index is 12.4. The molecule has 3 nitrogen and oxygen atoms in total. The Morgan fingerprint density at radius 2 is 2.06 bits per heavy atom. The fourth-order valence-corrected chi connectivity index (χ4v) is 2.06. The Kier molecular flexibility index (Phi) is 3.47. The normalized spacial score (nSPS) is 25.3. The highest BCUT2D eigenvalue weighted by molar-refractivity contribution is 5.42. The van der Waals surface area contributed by atoms with Crippen molar-refractivity contribution in [2.24, 2.45) is 0 Å². The number of pyridine rings is 1. The summed E-state index contributed by atoms with van der Waals surface area (Å²) < 4.78 is 37.3. The van der Waals surface area contributed by atoms with Gasteiger partial charge in [0.15, 0.2) is 0 Å². The zero-order chi connectivity index (χ0) is 13.3. The first-order valence-corrected chi connectivity index (χ1v) is 5.91. The lowest BCUT2D eigenvalue weighted by Crippen LogP contribution is -2.54. The van der Waals surface area contributed by atoms with Crippen LogP contribution in [0.3, 0.4) is 0 Å². The SMILES string of the molecule is C[C@H]1CN(c2ccc(C(F)(F)F)cn2)[C@@H](C)CN1. The largest absolute Gasteiger partial charge is 0.417 e. The van der Waals surface area contributed by atoms with Crippen molar-refractivity contribution in [2.75, 3.05) is 18.0 Å². The standard InChI is InChI=1S/C12H16F3N3/c1-8-7-18(9(2)5-16-8)11-4-3-10(6-17-11)12(13,14)15/h3-4,6,8-9,16H,5,7H2,1-2H3/t8-,9-/m0/s1. The van der Waals surface area contributed by atoms with Gasteiger partial charge in [-0.05, 0) is 26.0 Å². The first kappa shape index (κ1) is 13.1. The molecule has 6 heteroatoms. The van der Waals surface area contributed by atoms with E-state index in [-0.39, 0.29) is 6.04 Å². The molecule has 1 aromatic rings. The number of aromatic nitrogens is 1. The summed E-state index contributed by atoms with van der Waals surface area (Å²) in [5.74, 6) is 0.601. The molecule has 0 spiro atoms. The maximum absolute atomic E-state index is 12.4. The van der Waals surface area contributed by atoms with Crippen molar-refractivity contribution in [1.29, 1.82) is 0 Å². The number of hydrogen-bond donors (Lipinski definition) is 1. The predicted octanol–water partition coefficient (Wildman–Crippen LogP) is 2.29. The number of alkyl halides is 3. The van der Waals surface area contributed by atoms with E-state index < -0.39 is 11.7 Å². The second-order valence-electron chi connectivity index (χ2n) is 4.71. The molecule has 1 saturated heterocycles. The Labute approximate surface area is 104 Å². The molecule has 2 rings (SSSR count). The molecule has 0 radical (unpaired) electrons. The molecule has 2 atom stereocenters. The van der Waals surface area contributed by atoms with Crippen molar-refractivity contribution in [3.8, 4) is 0 Å². The van der Waals surface area contributed by atoms with Gasteiger partial charge in [0.1, 0.15) is 5.82 Å². The highest BCUT2D eigenvalue weighted by atomic mass is 19.4. The van der Waals surface area contributed by atoms with Crippen LogP contribution in [0.15, 0.2) is 18.3 Å². The molecule has 1 N–H and O–H groups in total. The zero-order valence-corrected chi connectivity index (χ0v) is 10.3. The van der Waals surface area contributed by atoms with Crippen LogP contribution >= 0.6 is 0 Å². The molecule has 0 aliphatic carbocycles. The summed E-state index contributed by atoms with van der Waals surface area (Å²) in [5.41, 5.74) is -0.706. The summed E-state index contributed by atoms with van der Waals surface area (Å²) in [6, 6.07) is 3.06. The van der Waals surface area contributed by atoms with Crippen molar-refractivity contribution in [1.82, 2.24) is 10.3 Å². The monoisotopic (exact) mass is 259 g/mol. The van der Waals surface area contributed by atoms with Crippen molar-refractivity contribution in [3.05, 3.63) is 23.9 Å². The molecule has 0 bridgehead atoms. The summed E-state index contributed by atoms with van der Waals surface area (Å²) in [5, 5.41) is 3.32. The molecule has 0 aromatic carbocycles. The maximum Gasteiger partial charge on any atom is 0.417 e. The number of piperazine rings is 1. The van der Waals surface area contributed by atoms with E-state index in [0.717, 1.165) is 25.4 Å². The number of anilines is 1. The predicted molar refractivity (Wildman–Crippen MR) is 63.5 cm³/mol. The van der Waals surface area contributed by atoms with Crippen LogP contribution < -0.4 is 10.2 Å². The highest BCUT2D eigenvalue weighted by Gasteiger charge is 2.31. The number of nitrogens with one attached hydrogen (secondary N) is 1. The fraction of sp³-hybridized carbons (Fsp3) is 0.583. The van der Waals surface area contributed by atoms with Crippen LogP contribution in [0.4, 0.5) is 19.0 Å². The number of rotatable bonds is 1. The van der Waals surface area contributed by atoms with E-state index in [1.807, 2.05) is 18.7 Å². The van der Waals surface area contributed by atoms with Crippen LogP contribution in [0.2, 0.25) is 0 Å². The summed E-state index contributed by atoms with van der Waals surface area (Å²) in [4.78, 5) is 5.96. The third-order valence-electron chi connectivity index (χ3n) is 3.13. The number of halogens is 3. The van der Waals surface area contributed by atoms with E-state index in [2.05, 4.69) is 10.3 Å². The lowest BCUT2D eigenvalue weighted by Gasteiger charge is -2.38. The molecule has 100 valence electrons. The first-order valence-electron chi connectivity index (χ1n) is 5.91. The Bertz CT molecular complexity index is 402. The summed E-state index contributed by atoms with van der Waals surface area (Å²) in [6.07, 6.45) is -3.43. The molecular weight excluding hydrogens is 243 g/mol. The van der Waals surface area contributed by atoms with Gasteiger partial charge in [0, 0.05) is 31.4 Å². The van der Waals surface area contributed by atoms with Crippen LogP contribution in [0.5, 0.6) is 0 Å². The minimum atomic E-state index is -4.33. The average molecular weight is 259 g/mol. The Hall–Kier alpha value is -1.30. The lowest BCUT2D eigenvalue weighted by atomic mass is 10.1. The van der Waals surface area contributed by atoms with E-state index in [1.165, 1.54) is 6.07 Å². The van der Waals surface area contributed by atoms with Gasteiger partial charge in [0.05, 0.1) is 5.56 Å². The van der Waals surface area contributed by atoms with Gasteiger partial charge < -0.3 is 10.2 Å². The van der Waals surface area contributed by atoms with Crippen LogP contribution in [-0.4, -0.2) is 30.2 Å². The molecule has 18 heavy (non-hydrogen) atoms. The van der Waals surface area contributed by atoms with Gasteiger partial charge in [-0.15, -0.1) is 0 Å². The minimum absolute atomic E-state index is 0.227. The number of nitrogens with zero attached hydrogens (tertiary/aromatic N) is 2. The zero-order valence-electron chi connectivity index (χ0n) is 10.3. The van der Waals surface area contributed by atoms with Gasteiger partial charge in [-0.2, -0.15) is 13.2 Å². The van der Waals surface area contributed by atoms with Crippen LogP contribution in [0, 0.1) is 0 Å². The van der Waals surface area contributed by atoms with Gasteiger partial charge >= 0.3 is 6.18 Å². The molecule has 2 heterocycles. The van der Waals surface area contributed by atoms with Crippen LogP contribution in [0.25, 0.3) is 0 Å². The van der Waals surface area contributed by atoms with Crippen LogP contribution in [0.1, 0.15) is 19.4 Å². The van der Waals surface area contributed by atoms with Crippen molar-refractivity contribution < 1.29 is 13.2 Å². The Morgan fingerprint density at radius 3 is 2.61 bits per heavy atom. The molecular formula is C12H16F3N3. The Balaban J connectivity index is 2.18. The molecule has 1 aromatic heterocycles. The molecule has 1 aliphatic rings. The molecule has 0 unspecified atom stereocenters. The van der Waals surface area contributed by atoms with Gasteiger partial charge in [-0.3, -0.25) is 0 Å². The second kappa shape index (κ2) is 4.76. The molecule has 1 aliphatic heterocycles. The highest BCUT2D eigenvalue weighted by Crippen LogP contribution is 2.29. The molecule has 1 fully saturated rings. The first-order chi connectivity index (χ1) is 8.38. The van der Waals surface area contributed by atoms with Gasteiger partial charge in [0.25, 0.3) is 0 Å². The minimum Gasteiger partial charge on any atom is -0.351 e. The summed E-state index contributed by atoms with van der Waals surface area (Å²) in [6.45, 7) is 5.63. The molecule has 0 amide bonds. The average Bonchev–Trinajstić information content (AvgIpc) is 2.31. The lowest BCUT2D eigenvalue weighted by molar-refractivity contribution is -0.137. The van der Waals surface area contributed by atoms with E-state index in [9.17, 15) is 13.2 Å². The van der Waals surface area contributed by atoms with Gasteiger partial charge in [-0.1, -0.05) is 0 Å². The molecule has 0 saturated carbocycles. The van der Waals surface area contributed by atoms with E-state index in [0.29, 0.717) is 11.9 Å². The van der Waals surface area contributed by atoms with E-state index in [1.54, 1.807) is 0 Å². The van der Waals surface area contributed by atoms with Gasteiger partial charge in [-0.25, -0.2) is 4.98 Å². The third kappa shape index (κ3) is 2.75. The summed E-state index contributed by atoms with van der Waals surface area (Å²) >= 11 is 0. The fourth-order valence-electron chi connectivity index (χ4n) is 2.06. The second-order valence-corrected chi connectivity index (χ2v) is 4.71. The van der Waals surface area contributed by atoms with Crippen LogP contribution in [-0.2, 0) is 6.18 Å². The number of hydrogen-bond acceptors (Lipinski definition) is 3. The smallest absolute Gasteiger partial charge is 0.351 e. The van der Waals surface area contributed by atoms with Gasteiger partial charge in [0.2, 0.25) is 0 Å². The third-order valence-corrected chi connectivity index (χ3v) is 3.13. The quantitative estimate of drug-likeness (QED) is 0.838. The topological polar surface area (TPSA) is 28.2 Å². The summed E-state index contributed by atoms with van der Waals surface area (Å²) in [7, 11) is 0. The van der Waals surface area contributed by atoms with Crippen molar-refractivity contribution >= 4 is 5.82 Å². The van der Waals surface area contributed by atoms with Crippen molar-refractivity contribution in [3.63, 3.8) is 0 Å².